The van der Waals surface area contributed by atoms with Crippen molar-refractivity contribution in [3.8, 4) is 0 Å². The van der Waals surface area contributed by atoms with E-state index in [1.807, 2.05) is 28.1 Å². The summed E-state index contributed by atoms with van der Waals surface area (Å²) in [5, 5.41) is 0. The number of hydrogen-bond donors (Lipinski definition) is 3. The lowest BCUT2D eigenvalue weighted by atomic mass is 10.3. The maximum absolute atomic E-state index is 10.8. The van der Waals surface area contributed by atoms with E-state index in [-0.39, 0.29) is 12.1 Å². The number of nitrogens with one attached hydrogen (secondary N) is 1. The first-order chi connectivity index (χ1) is 7.91. The maximum atomic E-state index is 10.8. The van der Waals surface area contributed by atoms with Crippen LogP contribution in [0.15, 0.2) is 12.7 Å². The van der Waals surface area contributed by atoms with E-state index in [0.717, 1.165) is 6.42 Å². The molecule has 0 bridgehead atoms. The first-order valence-corrected chi connectivity index (χ1v) is 6.40. The highest BCUT2D eigenvalue weighted by Crippen LogP contribution is 2.06. The van der Waals surface area contributed by atoms with Crippen molar-refractivity contribution in [2.45, 2.75) is 19.6 Å². The summed E-state index contributed by atoms with van der Waals surface area (Å²) in [6.45, 7) is 5.34. The maximum Gasteiger partial charge on any atom is 0.394 e. The Morgan fingerprint density at radius 3 is 2.06 bits per heavy atom. The Bertz CT molecular complexity index is 352. The molecule has 0 saturated carbocycles. The lowest BCUT2D eigenvalue weighted by molar-refractivity contribution is -0.921. The fourth-order valence-corrected chi connectivity index (χ4v) is 0.957. The van der Waals surface area contributed by atoms with E-state index in [0.29, 0.717) is 4.48 Å². The van der Waals surface area contributed by atoms with Crippen molar-refractivity contribution in [2.75, 3.05) is 21.1 Å². The molecule has 1 unspecified atom stereocenters. The van der Waals surface area contributed by atoms with Crippen LogP contribution >= 0.6 is 0 Å². The van der Waals surface area contributed by atoms with Gasteiger partial charge >= 0.3 is 10.4 Å². The van der Waals surface area contributed by atoms with Gasteiger partial charge in [-0.1, -0.05) is 13.5 Å². The molecule has 0 heterocycles. The van der Waals surface area contributed by atoms with Gasteiger partial charge in [0.05, 0.1) is 21.1 Å². The Labute approximate surface area is 107 Å². The molecule has 0 aliphatic carbocycles. The molecular weight excluding hydrogens is 264 g/mol. The first kappa shape index (κ1) is 19.3. The van der Waals surface area contributed by atoms with Gasteiger partial charge in [0, 0.05) is 6.42 Å². The summed E-state index contributed by atoms with van der Waals surface area (Å²) in [7, 11) is 1.36. The smallest absolute Gasteiger partial charge is 0.304 e. The summed E-state index contributed by atoms with van der Waals surface area (Å²) in [6, 6.07) is 0. The van der Waals surface area contributed by atoms with Crippen LogP contribution in [-0.4, -0.2) is 55.3 Å². The molecule has 1 amide bonds. The van der Waals surface area contributed by atoms with Crippen LogP contribution in [0.2, 0.25) is 0 Å². The Kier molecular flexibility index (Phi) is 8.77. The summed E-state index contributed by atoms with van der Waals surface area (Å²) in [6.07, 6.45) is 1.98. The lowest BCUT2D eigenvalue weighted by Gasteiger charge is -2.32. The van der Waals surface area contributed by atoms with Gasteiger partial charge in [0.2, 0.25) is 6.23 Å². The Balaban J connectivity index is 0. The molecule has 0 rings (SSSR count). The van der Waals surface area contributed by atoms with Gasteiger partial charge in [-0.05, 0) is 6.08 Å². The van der Waals surface area contributed by atoms with E-state index in [4.69, 9.17) is 22.4 Å². The predicted molar refractivity (Wildman–Crippen MR) is 65.7 cm³/mol. The van der Waals surface area contributed by atoms with Crippen LogP contribution in [0.4, 0.5) is 0 Å². The SMILES string of the molecule is C=CC(=O)NOC(CC)[N+](C)(C)C.O=S(=O)(O)O. The number of quaternary nitrogens is 1. The molecule has 0 aromatic heterocycles. The molecule has 0 aromatic carbocycles. The highest BCUT2D eigenvalue weighted by molar-refractivity contribution is 7.79. The van der Waals surface area contributed by atoms with Crippen molar-refractivity contribution in [1.29, 1.82) is 0 Å². The molecule has 0 radical (unpaired) electrons. The number of rotatable bonds is 5. The first-order valence-electron chi connectivity index (χ1n) is 5.00. The van der Waals surface area contributed by atoms with Crippen LogP contribution in [0.5, 0.6) is 0 Å². The summed E-state index contributed by atoms with van der Waals surface area (Å²) >= 11 is 0. The lowest BCUT2D eigenvalue weighted by Crippen LogP contribution is -2.49. The van der Waals surface area contributed by atoms with Crippen LogP contribution in [0, 0.1) is 0 Å². The third-order valence-corrected chi connectivity index (χ3v) is 1.69. The van der Waals surface area contributed by atoms with Crippen molar-refractivity contribution >= 4 is 16.3 Å². The zero-order chi connectivity index (χ0) is 15.0. The number of amides is 1. The minimum atomic E-state index is -4.67. The van der Waals surface area contributed by atoms with Crippen LogP contribution < -0.4 is 5.48 Å². The molecule has 108 valence electrons. The highest BCUT2D eigenvalue weighted by Gasteiger charge is 2.23. The van der Waals surface area contributed by atoms with Gasteiger partial charge in [0.1, 0.15) is 0 Å². The molecule has 0 spiro atoms. The number of carbonyl (C=O) groups is 1. The average Bonchev–Trinajstić information content (AvgIpc) is 2.13. The molecule has 0 aliphatic heterocycles. The van der Waals surface area contributed by atoms with E-state index >= 15 is 0 Å². The highest BCUT2D eigenvalue weighted by atomic mass is 32.3. The van der Waals surface area contributed by atoms with Crippen molar-refractivity contribution in [2.24, 2.45) is 0 Å². The summed E-state index contributed by atoms with van der Waals surface area (Å²) in [5.41, 5.74) is 2.32. The minimum Gasteiger partial charge on any atom is -0.304 e. The number of hydroxylamine groups is 1. The Hall–Kier alpha value is -1.00. The van der Waals surface area contributed by atoms with Crippen molar-refractivity contribution in [1.82, 2.24) is 5.48 Å². The van der Waals surface area contributed by atoms with E-state index in [2.05, 4.69) is 12.1 Å². The largest absolute Gasteiger partial charge is 0.394 e. The summed E-state index contributed by atoms with van der Waals surface area (Å²) < 4.78 is 32.2. The number of hydrogen-bond acceptors (Lipinski definition) is 4. The van der Waals surface area contributed by atoms with E-state index in [9.17, 15) is 4.79 Å². The van der Waals surface area contributed by atoms with Gasteiger partial charge in [-0.15, -0.1) is 0 Å². The van der Waals surface area contributed by atoms with Gasteiger partial charge in [0.15, 0.2) is 0 Å². The van der Waals surface area contributed by atoms with Gasteiger partial charge in [-0.25, -0.2) is 10.3 Å². The number of carbonyl (C=O) groups excluding carboxylic acids is 1. The second-order valence-electron chi connectivity index (χ2n) is 4.22. The van der Waals surface area contributed by atoms with Crippen molar-refractivity contribution in [3.05, 3.63) is 12.7 Å². The Morgan fingerprint density at radius 1 is 1.44 bits per heavy atom. The zero-order valence-electron chi connectivity index (χ0n) is 11.0. The molecule has 9 heteroatoms. The molecule has 0 aliphatic rings. The fraction of sp³-hybridized carbons (Fsp3) is 0.667. The standard InChI is InChI=1S/C9H18N2O2.H2O4S/c1-6-8(12)10-13-9(7-2)11(3,4)5;1-5(2,3)4/h6,9H,1,7H2,2-5H3;(H2,1,2,3,4)/p+1. The van der Waals surface area contributed by atoms with Crippen LogP contribution in [0.3, 0.4) is 0 Å². The Morgan fingerprint density at radius 2 is 1.83 bits per heavy atom. The molecule has 8 nitrogen and oxygen atoms in total. The quantitative estimate of drug-likeness (QED) is 0.216. The molecule has 3 N–H and O–H groups in total. The molecule has 0 saturated heterocycles. The number of nitrogens with zero attached hydrogens (tertiary/aromatic N) is 1. The third kappa shape index (κ3) is 15.0. The van der Waals surface area contributed by atoms with Crippen molar-refractivity contribution in [3.63, 3.8) is 0 Å². The van der Waals surface area contributed by atoms with E-state index < -0.39 is 10.4 Å². The normalized spacial score (nSPS) is 13.0. The molecular formula is C9H21N2O6S+. The third-order valence-electron chi connectivity index (χ3n) is 1.69. The van der Waals surface area contributed by atoms with Crippen LogP contribution in [-0.2, 0) is 20.0 Å². The van der Waals surface area contributed by atoms with Crippen LogP contribution in [0.1, 0.15) is 13.3 Å². The second-order valence-corrected chi connectivity index (χ2v) is 5.11. The second kappa shape index (κ2) is 8.16. The zero-order valence-corrected chi connectivity index (χ0v) is 11.8. The summed E-state index contributed by atoms with van der Waals surface area (Å²) in [4.78, 5) is 16.0. The van der Waals surface area contributed by atoms with E-state index in [1.54, 1.807) is 0 Å². The molecule has 0 fully saturated rings. The van der Waals surface area contributed by atoms with Gasteiger partial charge in [-0.2, -0.15) is 8.42 Å². The monoisotopic (exact) mass is 285 g/mol. The van der Waals surface area contributed by atoms with Crippen molar-refractivity contribution < 1.29 is 31.6 Å². The van der Waals surface area contributed by atoms with Gasteiger partial charge < -0.3 is 4.48 Å². The van der Waals surface area contributed by atoms with Crippen LogP contribution in [0.25, 0.3) is 0 Å². The minimum absolute atomic E-state index is 0.0381. The predicted octanol–water partition coefficient (Wildman–Crippen LogP) is 0.00970. The molecule has 1 atom stereocenters. The fourth-order valence-electron chi connectivity index (χ4n) is 0.957. The average molecular weight is 285 g/mol. The van der Waals surface area contributed by atoms with Gasteiger partial charge in [-0.3, -0.25) is 13.9 Å². The summed E-state index contributed by atoms with van der Waals surface area (Å²) in [5.74, 6) is -0.313. The molecule has 0 aromatic rings. The van der Waals surface area contributed by atoms with Gasteiger partial charge in [0.25, 0.3) is 5.91 Å². The molecule has 18 heavy (non-hydrogen) atoms. The van der Waals surface area contributed by atoms with E-state index in [1.165, 1.54) is 6.08 Å². The topological polar surface area (TPSA) is 113 Å².